The van der Waals surface area contributed by atoms with Crippen LogP contribution in [0.15, 0.2) is 16.7 Å². The van der Waals surface area contributed by atoms with E-state index in [1.165, 1.54) is 25.5 Å². The van der Waals surface area contributed by atoms with Crippen LogP contribution in [0.25, 0.3) is 0 Å². The summed E-state index contributed by atoms with van der Waals surface area (Å²) in [5.41, 5.74) is 0.834. The maximum Gasteiger partial charge on any atom is 0.185 e. The molecule has 0 aliphatic carbocycles. The molecule has 0 unspecified atom stereocenters. The molecule has 1 rings (SSSR count). The summed E-state index contributed by atoms with van der Waals surface area (Å²) in [6, 6.07) is 1.77. The summed E-state index contributed by atoms with van der Waals surface area (Å²) in [4.78, 5) is 10.5. The molecule has 0 aromatic carbocycles. The minimum atomic E-state index is 0.378. The second kappa shape index (κ2) is 7.23. The lowest BCUT2D eigenvalue weighted by Crippen LogP contribution is -1.96. The highest BCUT2D eigenvalue weighted by Crippen LogP contribution is 2.09. The van der Waals surface area contributed by atoms with Crippen LogP contribution < -0.4 is 0 Å². The number of aldehydes is 1. The number of hydrogen-bond donors (Lipinski definition) is 0. The molecular weight excluding hydrogens is 192 g/mol. The zero-order valence-electron chi connectivity index (χ0n) is 9.20. The third-order valence-corrected chi connectivity index (χ3v) is 2.29. The Labute approximate surface area is 90.4 Å². The molecule has 0 aliphatic heterocycles. The SMILES string of the molecule is CCCCCCOCc1ccoc1C=O. The molecule has 3 heteroatoms. The minimum Gasteiger partial charge on any atom is -0.461 e. The summed E-state index contributed by atoms with van der Waals surface area (Å²) in [5.74, 6) is 0.378. The summed E-state index contributed by atoms with van der Waals surface area (Å²) in [7, 11) is 0. The maximum absolute atomic E-state index is 10.5. The first-order chi connectivity index (χ1) is 7.38. The molecule has 0 amide bonds. The topological polar surface area (TPSA) is 39.4 Å². The Hall–Kier alpha value is -1.09. The highest BCUT2D eigenvalue weighted by atomic mass is 16.5. The molecule has 0 radical (unpaired) electrons. The highest BCUT2D eigenvalue weighted by molar-refractivity contribution is 5.72. The van der Waals surface area contributed by atoms with Crippen LogP contribution in [-0.4, -0.2) is 12.9 Å². The van der Waals surface area contributed by atoms with Crippen molar-refractivity contribution < 1.29 is 13.9 Å². The van der Waals surface area contributed by atoms with E-state index < -0.39 is 0 Å². The smallest absolute Gasteiger partial charge is 0.185 e. The fourth-order valence-electron chi connectivity index (χ4n) is 1.38. The molecule has 1 aromatic heterocycles. The van der Waals surface area contributed by atoms with Gasteiger partial charge in [0.25, 0.3) is 0 Å². The van der Waals surface area contributed by atoms with E-state index in [0.717, 1.165) is 24.9 Å². The Bertz CT molecular complexity index is 278. The fraction of sp³-hybridized carbons (Fsp3) is 0.583. The van der Waals surface area contributed by atoms with E-state index >= 15 is 0 Å². The summed E-state index contributed by atoms with van der Waals surface area (Å²) >= 11 is 0. The second-order valence-electron chi connectivity index (χ2n) is 3.54. The molecule has 0 saturated carbocycles. The quantitative estimate of drug-likeness (QED) is 0.488. The van der Waals surface area contributed by atoms with Gasteiger partial charge in [-0.05, 0) is 12.5 Å². The van der Waals surface area contributed by atoms with Crippen molar-refractivity contribution >= 4 is 6.29 Å². The van der Waals surface area contributed by atoms with Crippen molar-refractivity contribution in [2.75, 3.05) is 6.61 Å². The molecule has 15 heavy (non-hydrogen) atoms. The van der Waals surface area contributed by atoms with Crippen LogP contribution in [0.5, 0.6) is 0 Å². The van der Waals surface area contributed by atoms with E-state index in [9.17, 15) is 4.79 Å². The molecule has 0 saturated heterocycles. The van der Waals surface area contributed by atoms with Crippen LogP contribution in [-0.2, 0) is 11.3 Å². The molecule has 0 N–H and O–H groups in total. The molecule has 0 fully saturated rings. The van der Waals surface area contributed by atoms with Crippen molar-refractivity contribution in [3.63, 3.8) is 0 Å². The molecule has 0 bridgehead atoms. The monoisotopic (exact) mass is 210 g/mol. The Morgan fingerprint density at radius 2 is 2.27 bits per heavy atom. The van der Waals surface area contributed by atoms with Crippen molar-refractivity contribution in [1.82, 2.24) is 0 Å². The van der Waals surface area contributed by atoms with Gasteiger partial charge in [-0.15, -0.1) is 0 Å². The lowest BCUT2D eigenvalue weighted by Gasteiger charge is -2.02. The van der Waals surface area contributed by atoms with Crippen LogP contribution in [0.4, 0.5) is 0 Å². The minimum absolute atomic E-state index is 0.378. The summed E-state index contributed by atoms with van der Waals surface area (Å²) in [6.07, 6.45) is 7.02. The van der Waals surface area contributed by atoms with Crippen molar-refractivity contribution in [3.05, 3.63) is 23.7 Å². The predicted molar refractivity (Wildman–Crippen MR) is 57.9 cm³/mol. The highest BCUT2D eigenvalue weighted by Gasteiger charge is 2.04. The van der Waals surface area contributed by atoms with Crippen LogP contribution in [0.1, 0.15) is 48.7 Å². The lowest BCUT2D eigenvalue weighted by atomic mass is 10.2. The standard InChI is InChI=1S/C12H18O3/c1-2-3-4-5-7-14-10-11-6-8-15-12(11)9-13/h6,8-9H,2-5,7,10H2,1H3. The van der Waals surface area contributed by atoms with E-state index in [0.29, 0.717) is 12.4 Å². The number of carbonyl (C=O) groups excluding carboxylic acids is 1. The number of ether oxygens (including phenoxy) is 1. The number of unbranched alkanes of at least 4 members (excludes halogenated alkanes) is 3. The predicted octanol–water partition coefficient (Wildman–Crippen LogP) is 3.19. The molecular formula is C12H18O3. The van der Waals surface area contributed by atoms with Gasteiger partial charge in [0.2, 0.25) is 0 Å². The van der Waals surface area contributed by atoms with Gasteiger partial charge in [0, 0.05) is 12.2 Å². The number of carbonyl (C=O) groups is 1. The van der Waals surface area contributed by atoms with Crippen molar-refractivity contribution in [2.45, 2.75) is 39.2 Å². The van der Waals surface area contributed by atoms with E-state index in [2.05, 4.69) is 6.92 Å². The average Bonchev–Trinajstić information content (AvgIpc) is 2.70. The number of hydrogen-bond acceptors (Lipinski definition) is 3. The van der Waals surface area contributed by atoms with Gasteiger partial charge in [0.05, 0.1) is 12.9 Å². The first-order valence-electron chi connectivity index (χ1n) is 5.47. The van der Waals surface area contributed by atoms with E-state index in [4.69, 9.17) is 9.15 Å². The first kappa shape index (κ1) is 12.0. The Kier molecular flexibility index (Phi) is 5.78. The van der Waals surface area contributed by atoms with Crippen molar-refractivity contribution in [1.29, 1.82) is 0 Å². The van der Waals surface area contributed by atoms with Crippen LogP contribution in [0.3, 0.4) is 0 Å². The second-order valence-corrected chi connectivity index (χ2v) is 3.54. The van der Waals surface area contributed by atoms with Gasteiger partial charge >= 0.3 is 0 Å². The zero-order valence-corrected chi connectivity index (χ0v) is 9.20. The molecule has 0 atom stereocenters. The van der Waals surface area contributed by atoms with Crippen molar-refractivity contribution in [3.8, 4) is 0 Å². The summed E-state index contributed by atoms with van der Waals surface area (Å²) < 4.78 is 10.4. The third kappa shape index (κ3) is 4.30. The molecule has 1 aromatic rings. The zero-order chi connectivity index (χ0) is 10.9. The number of rotatable bonds is 8. The largest absolute Gasteiger partial charge is 0.461 e. The Morgan fingerprint density at radius 1 is 1.40 bits per heavy atom. The Morgan fingerprint density at radius 3 is 3.00 bits per heavy atom. The summed E-state index contributed by atoms with van der Waals surface area (Å²) in [5, 5.41) is 0. The summed E-state index contributed by atoms with van der Waals surface area (Å²) in [6.45, 7) is 3.41. The van der Waals surface area contributed by atoms with Gasteiger partial charge in [0.1, 0.15) is 0 Å². The van der Waals surface area contributed by atoms with E-state index in [-0.39, 0.29) is 0 Å². The van der Waals surface area contributed by atoms with Crippen LogP contribution in [0.2, 0.25) is 0 Å². The van der Waals surface area contributed by atoms with Gasteiger partial charge in [-0.1, -0.05) is 26.2 Å². The first-order valence-corrected chi connectivity index (χ1v) is 5.47. The molecule has 0 spiro atoms. The molecule has 3 nitrogen and oxygen atoms in total. The average molecular weight is 210 g/mol. The van der Waals surface area contributed by atoms with E-state index in [1.54, 1.807) is 6.07 Å². The van der Waals surface area contributed by atoms with Crippen LogP contribution >= 0.6 is 0 Å². The maximum atomic E-state index is 10.5. The fourth-order valence-corrected chi connectivity index (χ4v) is 1.38. The molecule has 0 aliphatic rings. The van der Waals surface area contributed by atoms with Crippen molar-refractivity contribution in [2.24, 2.45) is 0 Å². The number of furan rings is 1. The molecule has 84 valence electrons. The van der Waals surface area contributed by atoms with Gasteiger partial charge in [-0.2, -0.15) is 0 Å². The van der Waals surface area contributed by atoms with Gasteiger partial charge in [-0.3, -0.25) is 4.79 Å². The van der Waals surface area contributed by atoms with Gasteiger partial charge in [0.15, 0.2) is 12.0 Å². The third-order valence-electron chi connectivity index (χ3n) is 2.29. The Balaban J connectivity index is 2.12. The molecule has 1 heterocycles. The van der Waals surface area contributed by atoms with E-state index in [1.807, 2.05) is 0 Å². The lowest BCUT2D eigenvalue weighted by molar-refractivity contribution is 0.106. The normalized spacial score (nSPS) is 10.5. The van der Waals surface area contributed by atoms with Crippen LogP contribution in [0, 0.1) is 0 Å². The van der Waals surface area contributed by atoms with Gasteiger partial charge in [-0.25, -0.2) is 0 Å². The van der Waals surface area contributed by atoms with Gasteiger partial charge < -0.3 is 9.15 Å².